The molecule has 1 aromatic heterocycles. The molecule has 146 valence electrons. The third-order valence-corrected chi connectivity index (χ3v) is 4.39. The zero-order valence-electron chi connectivity index (χ0n) is 16.0. The molecule has 3 aromatic rings. The van der Waals surface area contributed by atoms with Gasteiger partial charge in [-0.2, -0.15) is 0 Å². The molecular weight excluding hydrogens is 362 g/mol. The van der Waals surface area contributed by atoms with Crippen molar-refractivity contribution in [1.82, 2.24) is 4.90 Å². The van der Waals surface area contributed by atoms with E-state index in [0.717, 1.165) is 5.76 Å². The van der Waals surface area contributed by atoms with Crippen LogP contribution in [0.4, 0.5) is 17.1 Å². The first-order valence-corrected chi connectivity index (χ1v) is 8.67. The van der Waals surface area contributed by atoms with Gasteiger partial charge in [0.25, 0.3) is 16.8 Å². The molecule has 28 heavy (non-hydrogen) atoms. The van der Waals surface area contributed by atoms with Crippen molar-refractivity contribution in [3.63, 3.8) is 0 Å². The number of amides is 1. The predicted molar refractivity (Wildman–Crippen MR) is 106 cm³/mol. The highest BCUT2D eigenvalue weighted by molar-refractivity contribution is 5.99. The molecule has 0 aliphatic carbocycles. The number of nitrogens with one attached hydrogen (secondary N) is 2. The van der Waals surface area contributed by atoms with E-state index >= 15 is 0 Å². The van der Waals surface area contributed by atoms with Gasteiger partial charge in [0.2, 0.25) is 0 Å². The highest BCUT2D eigenvalue weighted by Crippen LogP contribution is 2.33. The normalized spacial score (nSPS) is 12.0. The summed E-state index contributed by atoms with van der Waals surface area (Å²) in [6.07, 6.45) is 0. The molecule has 0 aliphatic heterocycles. The van der Waals surface area contributed by atoms with Crippen LogP contribution in [0.3, 0.4) is 0 Å². The molecule has 0 radical (unpaired) electrons. The lowest BCUT2D eigenvalue weighted by Gasteiger charge is -2.19. The predicted octanol–water partition coefficient (Wildman–Crippen LogP) is 2.51. The Morgan fingerprint density at radius 2 is 1.79 bits per heavy atom. The Labute approximate surface area is 161 Å². The van der Waals surface area contributed by atoms with Crippen molar-refractivity contribution in [1.29, 1.82) is 0 Å². The largest absolute Gasteiger partial charge is 0.505 e. The number of furan rings is 1. The van der Waals surface area contributed by atoms with Crippen molar-refractivity contribution < 1.29 is 14.3 Å². The molecule has 1 atom stereocenters. The maximum atomic E-state index is 12.2. The molecule has 0 aliphatic rings. The zero-order valence-corrected chi connectivity index (χ0v) is 16.0. The summed E-state index contributed by atoms with van der Waals surface area (Å²) in [5, 5.41) is 16.1. The maximum absolute atomic E-state index is 12.2. The lowest BCUT2D eigenvalue weighted by atomic mass is 10.1. The summed E-state index contributed by atoms with van der Waals surface area (Å²) in [6, 6.07) is 7.82. The first-order valence-electron chi connectivity index (χ1n) is 8.67. The number of carbonyl (C=O) groups is 1. The minimum absolute atomic E-state index is 0.0323. The molecule has 0 fully saturated rings. The fraction of sp³-hybridized carbons (Fsp3) is 0.250. The second kappa shape index (κ2) is 7.22. The van der Waals surface area contributed by atoms with Gasteiger partial charge < -0.3 is 25.1 Å². The highest BCUT2D eigenvalue weighted by Gasteiger charge is 2.25. The Balaban J connectivity index is 1.88. The fourth-order valence-corrected chi connectivity index (χ4v) is 2.81. The van der Waals surface area contributed by atoms with Crippen LogP contribution in [0.5, 0.6) is 5.75 Å². The molecule has 3 rings (SSSR count). The zero-order chi connectivity index (χ0) is 20.6. The van der Waals surface area contributed by atoms with E-state index in [2.05, 4.69) is 10.6 Å². The summed E-state index contributed by atoms with van der Waals surface area (Å²) in [4.78, 5) is 37.6. The molecule has 0 unspecified atom stereocenters. The van der Waals surface area contributed by atoms with Gasteiger partial charge in [0, 0.05) is 14.1 Å². The summed E-state index contributed by atoms with van der Waals surface area (Å²) in [7, 11) is 3.14. The molecule has 3 N–H and O–H groups in total. The van der Waals surface area contributed by atoms with Crippen molar-refractivity contribution >= 4 is 23.0 Å². The van der Waals surface area contributed by atoms with Gasteiger partial charge in [0.1, 0.15) is 22.9 Å². The standard InChI is InChI=1S/C20H21N3O5/c1-10-8-9-14(28-10)11(2)21-15-16(19(26)18(15)25)22-13-7-5-6-12(17(13)24)20(27)23(3)4/h5-9,11,21-22,24H,1-4H3/t11-/m0/s1. The van der Waals surface area contributed by atoms with Crippen LogP contribution in [0, 0.1) is 6.92 Å². The Morgan fingerprint density at radius 1 is 1.11 bits per heavy atom. The average molecular weight is 383 g/mol. The number of benzene rings is 1. The van der Waals surface area contributed by atoms with E-state index in [0.29, 0.717) is 5.76 Å². The lowest BCUT2D eigenvalue weighted by molar-refractivity contribution is 0.0824. The number of phenolic OH excluding ortho intramolecular Hbond substituents is 1. The summed E-state index contributed by atoms with van der Waals surface area (Å²) < 4.78 is 5.53. The number of phenols is 1. The molecule has 2 aromatic carbocycles. The molecule has 8 heteroatoms. The third kappa shape index (κ3) is 3.36. The first-order chi connectivity index (χ1) is 13.2. The molecule has 0 bridgehead atoms. The van der Waals surface area contributed by atoms with Crippen LogP contribution in [0.2, 0.25) is 0 Å². The molecule has 0 saturated heterocycles. The number of para-hydroxylation sites is 1. The van der Waals surface area contributed by atoms with Crippen molar-refractivity contribution in [2.75, 3.05) is 24.7 Å². The van der Waals surface area contributed by atoms with E-state index in [1.54, 1.807) is 39.2 Å². The van der Waals surface area contributed by atoms with E-state index in [4.69, 9.17) is 4.42 Å². The highest BCUT2D eigenvalue weighted by atomic mass is 16.3. The van der Waals surface area contributed by atoms with E-state index in [1.165, 1.54) is 17.0 Å². The van der Waals surface area contributed by atoms with Crippen LogP contribution in [0.25, 0.3) is 0 Å². The number of hydrogen-bond acceptors (Lipinski definition) is 7. The van der Waals surface area contributed by atoms with Crippen molar-refractivity contribution in [2.24, 2.45) is 0 Å². The van der Waals surface area contributed by atoms with Crippen LogP contribution in [0.15, 0.2) is 44.3 Å². The topological polar surface area (TPSA) is 112 Å². The summed E-state index contributed by atoms with van der Waals surface area (Å²) >= 11 is 0. The van der Waals surface area contributed by atoms with Crippen LogP contribution < -0.4 is 21.5 Å². The van der Waals surface area contributed by atoms with E-state index in [1.807, 2.05) is 6.92 Å². The fourth-order valence-electron chi connectivity index (χ4n) is 2.81. The second-order valence-electron chi connectivity index (χ2n) is 6.75. The number of nitrogens with zero attached hydrogens (tertiary/aromatic N) is 1. The number of aromatic hydroxyl groups is 1. The van der Waals surface area contributed by atoms with E-state index < -0.39 is 10.9 Å². The van der Waals surface area contributed by atoms with Gasteiger partial charge in [-0.25, -0.2) is 0 Å². The van der Waals surface area contributed by atoms with Crippen molar-refractivity contribution in [3.05, 3.63) is 67.9 Å². The quantitative estimate of drug-likeness (QED) is 0.443. The van der Waals surface area contributed by atoms with Gasteiger partial charge in [-0.1, -0.05) is 6.07 Å². The molecule has 0 spiro atoms. The van der Waals surface area contributed by atoms with Gasteiger partial charge in [-0.3, -0.25) is 14.4 Å². The molecule has 8 nitrogen and oxygen atoms in total. The number of rotatable bonds is 6. The minimum atomic E-state index is -0.700. The molecule has 1 heterocycles. The number of hydrogen-bond donors (Lipinski definition) is 3. The minimum Gasteiger partial charge on any atom is -0.505 e. The Morgan fingerprint density at radius 3 is 2.39 bits per heavy atom. The van der Waals surface area contributed by atoms with Crippen LogP contribution >= 0.6 is 0 Å². The van der Waals surface area contributed by atoms with Gasteiger partial charge in [0.15, 0.2) is 5.75 Å². The Bertz CT molecular complexity index is 1110. The lowest BCUT2D eigenvalue weighted by Crippen LogP contribution is -2.37. The second-order valence-corrected chi connectivity index (χ2v) is 6.75. The van der Waals surface area contributed by atoms with Crippen molar-refractivity contribution in [2.45, 2.75) is 19.9 Å². The van der Waals surface area contributed by atoms with Gasteiger partial charge >= 0.3 is 0 Å². The van der Waals surface area contributed by atoms with Gasteiger partial charge in [-0.15, -0.1) is 0 Å². The Kier molecular flexibility index (Phi) is 4.96. The van der Waals surface area contributed by atoms with Crippen LogP contribution in [-0.4, -0.2) is 30.0 Å². The first kappa shape index (κ1) is 19.2. The van der Waals surface area contributed by atoms with Gasteiger partial charge in [-0.05, 0) is 38.1 Å². The van der Waals surface area contributed by atoms with Crippen LogP contribution in [-0.2, 0) is 0 Å². The number of anilines is 3. The van der Waals surface area contributed by atoms with Crippen LogP contribution in [0.1, 0.15) is 34.8 Å². The van der Waals surface area contributed by atoms with Gasteiger partial charge in [0.05, 0.1) is 17.3 Å². The number of carbonyl (C=O) groups excluding carboxylic acids is 1. The average Bonchev–Trinajstić information content (AvgIpc) is 3.11. The monoisotopic (exact) mass is 383 g/mol. The molecule has 0 saturated carbocycles. The molecular formula is C20H21N3O5. The Hall–Kier alpha value is -3.55. The SMILES string of the molecule is Cc1ccc([C@H](C)Nc2c(Nc3cccc(C(=O)N(C)C)c3O)c(=O)c2=O)o1. The third-order valence-electron chi connectivity index (χ3n) is 4.39. The van der Waals surface area contributed by atoms with E-state index in [9.17, 15) is 19.5 Å². The summed E-state index contributed by atoms with van der Waals surface area (Å²) in [5.74, 6) is 0.679. The summed E-state index contributed by atoms with van der Waals surface area (Å²) in [5.41, 5.74) is -0.973. The molecule has 1 amide bonds. The van der Waals surface area contributed by atoms with E-state index in [-0.39, 0.29) is 40.3 Å². The summed E-state index contributed by atoms with van der Waals surface area (Å²) in [6.45, 7) is 3.61. The smallest absolute Gasteiger partial charge is 0.257 e. The van der Waals surface area contributed by atoms with Crippen molar-refractivity contribution in [3.8, 4) is 5.75 Å². The number of aryl methyl sites for hydroxylation is 1. The maximum Gasteiger partial charge on any atom is 0.257 e.